The Morgan fingerprint density at radius 2 is 1.75 bits per heavy atom. The Kier molecular flexibility index (Phi) is 8.81. The minimum absolute atomic E-state index is 0.464. The molecule has 1 rings (SSSR count). The van der Waals surface area contributed by atoms with Crippen molar-refractivity contribution in [3.05, 3.63) is 35.9 Å². The van der Waals surface area contributed by atoms with Gasteiger partial charge in [0.25, 0.3) is 0 Å². The Bertz CT molecular complexity index is 410. The van der Waals surface area contributed by atoms with Crippen molar-refractivity contribution >= 4 is 22.9 Å². The van der Waals surface area contributed by atoms with E-state index in [4.69, 9.17) is 16.3 Å². The van der Waals surface area contributed by atoms with Gasteiger partial charge in [-0.25, -0.2) is 0 Å². The molecule has 0 aliphatic carbocycles. The Hall–Kier alpha value is -1.28. The highest BCUT2D eigenvalue weighted by atomic mass is 35.5. The third kappa shape index (κ3) is 8.00. The summed E-state index contributed by atoms with van der Waals surface area (Å²) in [5, 5.41) is -0.464. The molecule has 0 heterocycles. The Labute approximate surface area is 126 Å². The summed E-state index contributed by atoms with van der Waals surface area (Å²) in [6.07, 6.45) is 10.6. The fourth-order valence-electron chi connectivity index (χ4n) is 1.91. The van der Waals surface area contributed by atoms with E-state index < -0.39 is 5.24 Å². The standard InChI is InChI=1S/C17H23ClO2/c1-2-3-4-5-6-7-14-20-16-11-8-15(9-12-16)10-13-17(18)19/h8-13H,2-7,14H2,1H3. The number of carbonyl (C=O) groups excluding carboxylic acids is 1. The van der Waals surface area contributed by atoms with Gasteiger partial charge in [-0.1, -0.05) is 57.2 Å². The van der Waals surface area contributed by atoms with E-state index in [9.17, 15) is 4.79 Å². The van der Waals surface area contributed by atoms with Crippen LogP contribution in [0.1, 0.15) is 51.0 Å². The number of carbonyl (C=O) groups is 1. The molecular weight excluding hydrogens is 272 g/mol. The first-order valence-corrected chi connectivity index (χ1v) is 7.70. The summed E-state index contributed by atoms with van der Waals surface area (Å²) in [5.74, 6) is 0.868. The van der Waals surface area contributed by atoms with Crippen LogP contribution < -0.4 is 4.74 Å². The van der Waals surface area contributed by atoms with Crippen molar-refractivity contribution in [1.82, 2.24) is 0 Å². The van der Waals surface area contributed by atoms with E-state index in [2.05, 4.69) is 6.92 Å². The van der Waals surface area contributed by atoms with Gasteiger partial charge in [-0.2, -0.15) is 0 Å². The lowest BCUT2D eigenvalue weighted by Crippen LogP contribution is -1.97. The van der Waals surface area contributed by atoms with Crippen LogP contribution in [0.15, 0.2) is 30.3 Å². The second-order valence-corrected chi connectivity index (χ2v) is 5.20. The van der Waals surface area contributed by atoms with Gasteiger partial charge in [-0.15, -0.1) is 0 Å². The molecule has 0 bridgehead atoms. The monoisotopic (exact) mass is 294 g/mol. The van der Waals surface area contributed by atoms with Crippen molar-refractivity contribution in [3.8, 4) is 5.75 Å². The van der Waals surface area contributed by atoms with Crippen LogP contribution in [0.5, 0.6) is 5.75 Å². The van der Waals surface area contributed by atoms with Crippen LogP contribution in [0.4, 0.5) is 0 Å². The molecule has 0 unspecified atom stereocenters. The molecule has 0 aliphatic rings. The summed E-state index contributed by atoms with van der Waals surface area (Å²) in [7, 11) is 0. The number of benzene rings is 1. The molecule has 20 heavy (non-hydrogen) atoms. The summed E-state index contributed by atoms with van der Waals surface area (Å²) in [6.45, 7) is 2.99. The molecule has 0 saturated heterocycles. The number of allylic oxidation sites excluding steroid dienone is 1. The zero-order chi connectivity index (χ0) is 14.6. The SMILES string of the molecule is CCCCCCCCOc1ccc(C=CC(=O)Cl)cc1. The molecule has 0 aromatic heterocycles. The fraction of sp³-hybridized carbons (Fsp3) is 0.471. The van der Waals surface area contributed by atoms with E-state index >= 15 is 0 Å². The number of halogens is 1. The first-order chi connectivity index (χ1) is 9.72. The summed E-state index contributed by atoms with van der Waals surface area (Å²) < 4.78 is 5.68. The van der Waals surface area contributed by atoms with Gasteiger partial charge < -0.3 is 4.74 Å². The van der Waals surface area contributed by atoms with E-state index in [1.165, 1.54) is 38.2 Å². The average molecular weight is 295 g/mol. The number of ether oxygens (including phenoxy) is 1. The molecule has 0 spiro atoms. The van der Waals surface area contributed by atoms with Gasteiger partial charge in [0.15, 0.2) is 0 Å². The third-order valence-corrected chi connectivity index (χ3v) is 3.18. The molecule has 0 saturated carbocycles. The maximum atomic E-state index is 10.6. The fourth-order valence-corrected chi connectivity index (χ4v) is 1.97. The zero-order valence-corrected chi connectivity index (χ0v) is 12.9. The molecule has 110 valence electrons. The van der Waals surface area contributed by atoms with E-state index in [0.717, 1.165) is 24.3 Å². The minimum Gasteiger partial charge on any atom is -0.494 e. The average Bonchev–Trinajstić information content (AvgIpc) is 2.45. The molecule has 1 aromatic carbocycles. The van der Waals surface area contributed by atoms with Gasteiger partial charge in [-0.05, 0) is 41.8 Å². The van der Waals surface area contributed by atoms with Crippen molar-refractivity contribution in [2.24, 2.45) is 0 Å². The molecule has 0 fully saturated rings. The lowest BCUT2D eigenvalue weighted by atomic mass is 10.1. The van der Waals surface area contributed by atoms with Gasteiger partial charge in [-0.3, -0.25) is 4.79 Å². The van der Waals surface area contributed by atoms with Gasteiger partial charge in [0, 0.05) is 0 Å². The summed E-state index contributed by atoms with van der Waals surface area (Å²) >= 11 is 5.24. The topological polar surface area (TPSA) is 26.3 Å². The number of hydrogen-bond acceptors (Lipinski definition) is 2. The summed E-state index contributed by atoms with van der Waals surface area (Å²) in [4.78, 5) is 10.6. The Morgan fingerprint density at radius 3 is 2.40 bits per heavy atom. The van der Waals surface area contributed by atoms with Crippen LogP contribution in [0.3, 0.4) is 0 Å². The first kappa shape index (κ1) is 16.8. The van der Waals surface area contributed by atoms with Crippen molar-refractivity contribution in [1.29, 1.82) is 0 Å². The highest BCUT2D eigenvalue weighted by molar-refractivity contribution is 6.66. The molecule has 0 amide bonds. The van der Waals surface area contributed by atoms with E-state index in [1.54, 1.807) is 6.08 Å². The van der Waals surface area contributed by atoms with Crippen molar-refractivity contribution in [2.45, 2.75) is 45.4 Å². The maximum absolute atomic E-state index is 10.6. The molecule has 0 N–H and O–H groups in total. The lowest BCUT2D eigenvalue weighted by molar-refractivity contribution is -0.107. The van der Waals surface area contributed by atoms with E-state index in [0.29, 0.717) is 0 Å². The largest absolute Gasteiger partial charge is 0.494 e. The number of unbranched alkanes of at least 4 members (excludes halogenated alkanes) is 5. The Morgan fingerprint density at radius 1 is 1.10 bits per heavy atom. The summed E-state index contributed by atoms with van der Waals surface area (Å²) in [5.41, 5.74) is 0.936. The molecule has 0 atom stereocenters. The minimum atomic E-state index is -0.464. The van der Waals surface area contributed by atoms with Gasteiger partial charge >= 0.3 is 0 Å². The molecule has 1 aromatic rings. The predicted molar refractivity (Wildman–Crippen MR) is 85.2 cm³/mol. The van der Waals surface area contributed by atoms with Gasteiger partial charge in [0.1, 0.15) is 5.75 Å². The highest BCUT2D eigenvalue weighted by Crippen LogP contribution is 2.14. The van der Waals surface area contributed by atoms with Crippen molar-refractivity contribution in [2.75, 3.05) is 6.61 Å². The maximum Gasteiger partial charge on any atom is 0.245 e. The van der Waals surface area contributed by atoms with Crippen molar-refractivity contribution in [3.63, 3.8) is 0 Å². The van der Waals surface area contributed by atoms with Crippen LogP contribution >= 0.6 is 11.6 Å². The van der Waals surface area contributed by atoms with Crippen LogP contribution in [0.2, 0.25) is 0 Å². The molecule has 0 radical (unpaired) electrons. The highest BCUT2D eigenvalue weighted by Gasteiger charge is 1.95. The van der Waals surface area contributed by atoms with Gasteiger partial charge in [0.05, 0.1) is 6.61 Å². The number of hydrogen-bond donors (Lipinski definition) is 0. The molecular formula is C17H23ClO2. The zero-order valence-electron chi connectivity index (χ0n) is 12.1. The van der Waals surface area contributed by atoms with Crippen molar-refractivity contribution < 1.29 is 9.53 Å². The van der Waals surface area contributed by atoms with E-state index in [-0.39, 0.29) is 0 Å². The second-order valence-electron chi connectivity index (χ2n) is 4.82. The van der Waals surface area contributed by atoms with Crippen LogP contribution in [-0.4, -0.2) is 11.8 Å². The van der Waals surface area contributed by atoms with Gasteiger partial charge in [0.2, 0.25) is 5.24 Å². The van der Waals surface area contributed by atoms with E-state index in [1.807, 2.05) is 24.3 Å². The number of rotatable bonds is 10. The quantitative estimate of drug-likeness (QED) is 0.336. The summed E-state index contributed by atoms with van der Waals surface area (Å²) in [6, 6.07) is 7.64. The van der Waals surface area contributed by atoms with Crippen LogP contribution in [0.25, 0.3) is 6.08 Å². The Balaban J connectivity index is 2.20. The first-order valence-electron chi connectivity index (χ1n) is 7.33. The molecule has 0 aliphatic heterocycles. The third-order valence-electron chi connectivity index (χ3n) is 3.05. The second kappa shape index (κ2) is 10.5. The molecule has 2 nitrogen and oxygen atoms in total. The molecule has 3 heteroatoms. The predicted octanol–water partition coefficient (Wildman–Crippen LogP) is 5.20. The smallest absolute Gasteiger partial charge is 0.245 e. The lowest BCUT2D eigenvalue weighted by Gasteiger charge is -2.06. The van der Waals surface area contributed by atoms with Crippen LogP contribution in [-0.2, 0) is 4.79 Å². The normalized spacial score (nSPS) is 10.9. The van der Waals surface area contributed by atoms with Crippen LogP contribution in [0, 0.1) is 0 Å².